The molecule has 2 N–H and O–H groups in total. The van der Waals surface area contributed by atoms with Gasteiger partial charge in [0.2, 0.25) is 0 Å². The fourth-order valence-corrected chi connectivity index (χ4v) is 4.03. The van der Waals surface area contributed by atoms with Crippen LogP contribution < -0.4 is 10.1 Å². The molecule has 2 aromatic rings. The van der Waals surface area contributed by atoms with Crippen molar-refractivity contribution in [3.63, 3.8) is 0 Å². The van der Waals surface area contributed by atoms with E-state index in [9.17, 15) is 5.11 Å². The first kappa shape index (κ1) is 14.5. The second kappa shape index (κ2) is 5.87. The Hall–Kier alpha value is -2.04. The van der Waals surface area contributed by atoms with Crippen molar-refractivity contribution in [3.8, 4) is 5.75 Å². The number of methoxy groups -OCH3 is 1. The highest BCUT2D eigenvalue weighted by Crippen LogP contribution is 2.46. The zero-order chi connectivity index (χ0) is 15.8. The van der Waals surface area contributed by atoms with Gasteiger partial charge in [-0.25, -0.2) is 0 Å². The average Bonchev–Trinajstić information content (AvgIpc) is 2.60. The summed E-state index contributed by atoms with van der Waals surface area (Å²) in [7, 11) is 1.68. The molecule has 0 spiro atoms. The molecule has 120 valence electrons. The van der Waals surface area contributed by atoms with Crippen LogP contribution in [0.2, 0.25) is 0 Å². The van der Waals surface area contributed by atoms with E-state index >= 15 is 0 Å². The van der Waals surface area contributed by atoms with Gasteiger partial charge in [-0.3, -0.25) is 4.90 Å². The van der Waals surface area contributed by atoms with Crippen molar-refractivity contribution in [1.29, 1.82) is 0 Å². The Morgan fingerprint density at radius 3 is 2.70 bits per heavy atom. The van der Waals surface area contributed by atoms with Crippen molar-refractivity contribution >= 4 is 5.69 Å². The number of likely N-dealkylation sites (tertiary alicyclic amines) is 1. The highest BCUT2D eigenvalue weighted by atomic mass is 16.5. The van der Waals surface area contributed by atoms with Crippen LogP contribution in [0.5, 0.6) is 5.75 Å². The van der Waals surface area contributed by atoms with Crippen LogP contribution in [0, 0.1) is 0 Å². The molecule has 4 rings (SSSR count). The van der Waals surface area contributed by atoms with Gasteiger partial charge in [0, 0.05) is 36.8 Å². The van der Waals surface area contributed by atoms with Crippen molar-refractivity contribution < 1.29 is 9.84 Å². The van der Waals surface area contributed by atoms with Crippen LogP contribution in [0.1, 0.15) is 17.0 Å². The van der Waals surface area contributed by atoms with Gasteiger partial charge in [0.05, 0.1) is 13.7 Å². The summed E-state index contributed by atoms with van der Waals surface area (Å²) >= 11 is 0. The molecule has 2 heterocycles. The average molecular weight is 310 g/mol. The van der Waals surface area contributed by atoms with Gasteiger partial charge >= 0.3 is 0 Å². The summed E-state index contributed by atoms with van der Waals surface area (Å²) in [6, 6.07) is 17.3. The van der Waals surface area contributed by atoms with Crippen molar-refractivity contribution in [2.24, 2.45) is 0 Å². The maximum Gasteiger partial charge on any atom is 0.118 e. The fourth-order valence-electron chi connectivity index (χ4n) is 4.03. The second-order valence-electron chi connectivity index (χ2n) is 6.33. The first-order valence-corrected chi connectivity index (χ1v) is 8.14. The molecule has 2 aromatic carbocycles. The molecule has 0 radical (unpaired) electrons. The van der Waals surface area contributed by atoms with Crippen molar-refractivity contribution in [1.82, 2.24) is 4.90 Å². The van der Waals surface area contributed by atoms with E-state index in [0.717, 1.165) is 18.8 Å². The molecule has 23 heavy (non-hydrogen) atoms. The number of ether oxygens (including phenoxy) is 1. The number of benzene rings is 2. The van der Waals surface area contributed by atoms with Crippen molar-refractivity contribution in [2.45, 2.75) is 24.5 Å². The Bertz CT molecular complexity index is 686. The van der Waals surface area contributed by atoms with E-state index in [2.05, 4.69) is 46.6 Å². The maximum absolute atomic E-state index is 9.90. The molecule has 0 aliphatic carbocycles. The van der Waals surface area contributed by atoms with Crippen LogP contribution >= 0.6 is 0 Å². The second-order valence-corrected chi connectivity index (χ2v) is 6.33. The number of hydrogen-bond acceptors (Lipinski definition) is 4. The Balaban J connectivity index is 1.55. The van der Waals surface area contributed by atoms with E-state index in [1.807, 2.05) is 12.1 Å². The van der Waals surface area contributed by atoms with Crippen LogP contribution in [-0.4, -0.2) is 42.4 Å². The van der Waals surface area contributed by atoms with E-state index in [4.69, 9.17) is 4.74 Å². The van der Waals surface area contributed by atoms with E-state index in [1.165, 1.54) is 16.8 Å². The summed E-state index contributed by atoms with van der Waals surface area (Å²) in [6.45, 7) is 2.00. The van der Waals surface area contributed by atoms with Gasteiger partial charge in [-0.15, -0.1) is 0 Å². The van der Waals surface area contributed by atoms with Crippen LogP contribution in [0.3, 0.4) is 0 Å². The molecule has 4 nitrogen and oxygen atoms in total. The van der Waals surface area contributed by atoms with Crippen LogP contribution in [-0.2, 0) is 6.54 Å². The molecular weight excluding hydrogens is 288 g/mol. The van der Waals surface area contributed by atoms with Gasteiger partial charge in [0.25, 0.3) is 0 Å². The fraction of sp³-hybridized carbons (Fsp3) is 0.368. The Morgan fingerprint density at radius 1 is 1.17 bits per heavy atom. The summed E-state index contributed by atoms with van der Waals surface area (Å²) in [4.78, 5) is 2.41. The van der Waals surface area contributed by atoms with E-state index in [1.54, 1.807) is 7.11 Å². The number of aliphatic hydroxyl groups is 1. The van der Waals surface area contributed by atoms with Crippen molar-refractivity contribution in [2.75, 3.05) is 25.6 Å². The Kier molecular flexibility index (Phi) is 3.71. The summed E-state index contributed by atoms with van der Waals surface area (Å²) in [5.74, 6) is 1.30. The van der Waals surface area contributed by atoms with Crippen molar-refractivity contribution in [3.05, 3.63) is 59.7 Å². The first-order valence-electron chi connectivity index (χ1n) is 8.14. The minimum atomic E-state index is 0.199. The molecule has 0 saturated carbocycles. The lowest BCUT2D eigenvalue weighted by Crippen LogP contribution is -2.66. The minimum absolute atomic E-state index is 0.199. The molecule has 3 atom stereocenters. The maximum atomic E-state index is 9.90. The number of anilines is 1. The lowest BCUT2D eigenvalue weighted by molar-refractivity contribution is -0.0459. The standard InChI is InChI=1S/C19H22N2O2/c1-23-14-8-6-13(7-9-14)11-21-17-10-20-16-5-3-2-4-15(16)19(17)18(21)12-22/h2-9,17-20,22H,10-12H2,1H3/t17-,18+,19+/m1/s1. The number of rotatable bonds is 4. The Labute approximate surface area is 136 Å². The summed E-state index contributed by atoms with van der Waals surface area (Å²) in [6.07, 6.45) is 0. The highest BCUT2D eigenvalue weighted by molar-refractivity contribution is 5.57. The number of fused-ring (bicyclic) bond motifs is 3. The third-order valence-electron chi connectivity index (χ3n) is 5.21. The van der Waals surface area contributed by atoms with Crippen LogP contribution in [0.4, 0.5) is 5.69 Å². The number of para-hydroxylation sites is 1. The van der Waals surface area contributed by atoms with Gasteiger partial charge in [-0.1, -0.05) is 30.3 Å². The molecule has 4 heteroatoms. The third-order valence-corrected chi connectivity index (χ3v) is 5.21. The summed E-state index contributed by atoms with van der Waals surface area (Å²) in [5.41, 5.74) is 3.81. The minimum Gasteiger partial charge on any atom is -0.497 e. The number of hydrogen-bond donors (Lipinski definition) is 2. The number of aliphatic hydroxyl groups excluding tert-OH is 1. The summed E-state index contributed by atoms with van der Waals surface area (Å²) in [5, 5.41) is 13.4. The van der Waals surface area contributed by atoms with Gasteiger partial charge in [0.1, 0.15) is 5.75 Å². The highest BCUT2D eigenvalue weighted by Gasteiger charge is 2.50. The molecule has 2 aliphatic heterocycles. The molecule has 1 saturated heterocycles. The molecular formula is C19H22N2O2. The SMILES string of the molecule is COc1ccc(CN2[C@@H]3CNc4ccccc4[C@@H]3[C@@H]2CO)cc1. The molecule has 1 fully saturated rings. The topological polar surface area (TPSA) is 44.7 Å². The predicted molar refractivity (Wildman–Crippen MR) is 90.9 cm³/mol. The summed E-state index contributed by atoms with van der Waals surface area (Å²) < 4.78 is 5.22. The first-order chi connectivity index (χ1) is 11.3. The monoisotopic (exact) mass is 310 g/mol. The zero-order valence-electron chi connectivity index (χ0n) is 13.3. The van der Waals surface area contributed by atoms with Gasteiger partial charge in [-0.2, -0.15) is 0 Å². The smallest absolute Gasteiger partial charge is 0.118 e. The predicted octanol–water partition coefficient (Wildman–Crippen LogP) is 2.45. The molecule has 0 unspecified atom stereocenters. The van der Waals surface area contributed by atoms with E-state index in [0.29, 0.717) is 12.0 Å². The largest absolute Gasteiger partial charge is 0.497 e. The quantitative estimate of drug-likeness (QED) is 0.910. The normalized spacial score (nSPS) is 25.7. The molecule has 0 bridgehead atoms. The van der Waals surface area contributed by atoms with E-state index in [-0.39, 0.29) is 12.6 Å². The molecule has 2 aliphatic rings. The van der Waals surface area contributed by atoms with E-state index < -0.39 is 0 Å². The molecule has 0 amide bonds. The number of nitrogens with zero attached hydrogens (tertiary/aromatic N) is 1. The van der Waals surface area contributed by atoms with Gasteiger partial charge < -0.3 is 15.2 Å². The van der Waals surface area contributed by atoms with Gasteiger partial charge in [0.15, 0.2) is 0 Å². The van der Waals surface area contributed by atoms with Crippen LogP contribution in [0.15, 0.2) is 48.5 Å². The van der Waals surface area contributed by atoms with Gasteiger partial charge in [-0.05, 0) is 29.3 Å². The lowest BCUT2D eigenvalue weighted by Gasteiger charge is -2.57. The van der Waals surface area contributed by atoms with Crippen LogP contribution in [0.25, 0.3) is 0 Å². The Morgan fingerprint density at radius 2 is 1.96 bits per heavy atom. The third kappa shape index (κ3) is 2.38. The molecule has 0 aromatic heterocycles. The lowest BCUT2D eigenvalue weighted by atomic mass is 9.72. The zero-order valence-corrected chi connectivity index (χ0v) is 13.3. The number of nitrogens with one attached hydrogen (secondary N) is 1.